The number of ether oxygens (including phenoxy) is 1. The number of carbonyl (C=O) groups excluding carboxylic acids is 1. The van der Waals surface area contributed by atoms with Crippen molar-refractivity contribution < 1.29 is 24.5 Å². The molecule has 0 aliphatic carbocycles. The number of para-hydroxylation sites is 1. The maximum Gasteiger partial charge on any atom is 0.339 e. The second kappa shape index (κ2) is 7.12. The van der Waals surface area contributed by atoms with Gasteiger partial charge in [0.1, 0.15) is 17.1 Å². The fourth-order valence-corrected chi connectivity index (χ4v) is 3.17. The van der Waals surface area contributed by atoms with Crippen LogP contribution >= 0.6 is 0 Å². The molecule has 0 fully saturated rings. The quantitative estimate of drug-likeness (QED) is 0.493. The Kier molecular flexibility index (Phi) is 4.48. The Hall–Kier alpha value is -4.13. The van der Waals surface area contributed by atoms with Crippen LogP contribution in [0, 0.1) is 6.92 Å². The number of aromatic carboxylic acids is 1. The van der Waals surface area contributed by atoms with Gasteiger partial charge in [-0.25, -0.2) is 4.79 Å². The second-order valence-corrected chi connectivity index (χ2v) is 6.39. The zero-order valence-corrected chi connectivity index (χ0v) is 15.4. The highest BCUT2D eigenvalue weighted by Gasteiger charge is 2.22. The van der Waals surface area contributed by atoms with Crippen LogP contribution in [0.1, 0.15) is 26.4 Å². The average Bonchev–Trinajstić information content (AvgIpc) is 3.05. The van der Waals surface area contributed by atoms with E-state index in [1.165, 1.54) is 10.7 Å². The molecule has 29 heavy (non-hydrogen) atoms. The highest BCUT2D eigenvalue weighted by molar-refractivity contribution is 6.03. The summed E-state index contributed by atoms with van der Waals surface area (Å²) in [5, 5.41) is 25.0. The first-order valence-corrected chi connectivity index (χ1v) is 8.77. The molecule has 0 radical (unpaired) electrons. The SMILES string of the molecule is Cc1nn(-c2ccccc2)c(Oc2cc(C(=O)O)c(O)c3ccccc23)c1C=O. The number of carboxylic acids is 1. The van der Waals surface area contributed by atoms with E-state index in [0.717, 1.165) is 0 Å². The molecule has 0 aliphatic heterocycles. The van der Waals surface area contributed by atoms with Crippen molar-refractivity contribution in [1.29, 1.82) is 0 Å². The number of aromatic hydroxyl groups is 1. The van der Waals surface area contributed by atoms with Crippen LogP contribution < -0.4 is 4.74 Å². The number of rotatable bonds is 5. The molecule has 2 N–H and O–H groups in total. The van der Waals surface area contributed by atoms with Crippen LogP contribution in [0.15, 0.2) is 60.7 Å². The van der Waals surface area contributed by atoms with E-state index in [1.807, 2.05) is 30.3 Å². The van der Waals surface area contributed by atoms with Crippen LogP contribution in [0.2, 0.25) is 0 Å². The molecule has 0 unspecified atom stereocenters. The number of nitrogens with zero attached hydrogens (tertiary/aromatic N) is 2. The minimum Gasteiger partial charge on any atom is -0.506 e. The fraction of sp³-hybridized carbons (Fsp3) is 0.0455. The van der Waals surface area contributed by atoms with Gasteiger partial charge in [0, 0.05) is 10.8 Å². The Balaban J connectivity index is 1.96. The molecule has 0 atom stereocenters. The van der Waals surface area contributed by atoms with E-state index in [2.05, 4.69) is 5.10 Å². The summed E-state index contributed by atoms with van der Waals surface area (Å²) in [6.45, 7) is 1.69. The molecule has 1 heterocycles. The molecule has 0 aliphatic rings. The van der Waals surface area contributed by atoms with Crippen LogP contribution in [0.4, 0.5) is 0 Å². The normalized spacial score (nSPS) is 10.8. The van der Waals surface area contributed by atoms with Gasteiger partial charge >= 0.3 is 5.97 Å². The van der Waals surface area contributed by atoms with Gasteiger partial charge in [-0.1, -0.05) is 42.5 Å². The first-order valence-electron chi connectivity index (χ1n) is 8.77. The number of carbonyl (C=O) groups is 2. The summed E-state index contributed by atoms with van der Waals surface area (Å²) >= 11 is 0. The third-order valence-corrected chi connectivity index (χ3v) is 4.60. The zero-order chi connectivity index (χ0) is 20.5. The largest absolute Gasteiger partial charge is 0.506 e. The molecule has 4 rings (SSSR count). The summed E-state index contributed by atoms with van der Waals surface area (Å²) in [6, 6.07) is 17.1. The predicted molar refractivity (Wildman–Crippen MR) is 106 cm³/mol. The number of phenols is 1. The molecule has 144 valence electrons. The van der Waals surface area contributed by atoms with Gasteiger partial charge in [0.25, 0.3) is 0 Å². The molecule has 0 spiro atoms. The number of hydrogen-bond donors (Lipinski definition) is 2. The number of benzene rings is 3. The van der Waals surface area contributed by atoms with E-state index in [9.17, 15) is 19.8 Å². The molecule has 1 aromatic heterocycles. The number of aryl methyl sites for hydroxylation is 1. The van der Waals surface area contributed by atoms with Gasteiger partial charge in [-0.3, -0.25) is 4.79 Å². The standard InChI is InChI=1S/C22H16N2O5/c1-13-18(12-25)21(24(23-13)14-7-3-2-4-8-14)29-19-11-17(22(27)28)20(26)16-10-6-5-9-15(16)19/h2-12,26H,1H3,(H,27,28). The Morgan fingerprint density at radius 2 is 1.72 bits per heavy atom. The molecular weight excluding hydrogens is 372 g/mol. The molecule has 4 aromatic rings. The Bertz CT molecular complexity index is 1250. The van der Waals surface area contributed by atoms with Gasteiger partial charge in [-0.15, -0.1) is 0 Å². The molecule has 0 bridgehead atoms. The van der Waals surface area contributed by atoms with Crippen LogP contribution in [0.5, 0.6) is 17.4 Å². The first-order chi connectivity index (χ1) is 14.0. The highest BCUT2D eigenvalue weighted by Crippen LogP contribution is 2.39. The lowest BCUT2D eigenvalue weighted by Gasteiger charge is -2.14. The van der Waals surface area contributed by atoms with Crippen LogP contribution in [0.25, 0.3) is 16.5 Å². The Labute approximate surface area is 165 Å². The summed E-state index contributed by atoms with van der Waals surface area (Å²) in [5.41, 5.74) is 1.11. The number of aromatic nitrogens is 2. The lowest BCUT2D eigenvalue weighted by molar-refractivity contribution is 0.0693. The lowest BCUT2D eigenvalue weighted by Crippen LogP contribution is -2.03. The summed E-state index contributed by atoms with van der Waals surface area (Å²) in [5.74, 6) is -1.28. The number of fused-ring (bicyclic) bond motifs is 1. The highest BCUT2D eigenvalue weighted by atomic mass is 16.5. The smallest absolute Gasteiger partial charge is 0.339 e. The summed E-state index contributed by atoms with van der Waals surface area (Å²) < 4.78 is 7.55. The average molecular weight is 388 g/mol. The third-order valence-electron chi connectivity index (χ3n) is 4.60. The van der Waals surface area contributed by atoms with Gasteiger partial charge in [0.05, 0.1) is 16.9 Å². The van der Waals surface area contributed by atoms with Crippen molar-refractivity contribution >= 4 is 23.0 Å². The van der Waals surface area contributed by atoms with E-state index >= 15 is 0 Å². The minimum atomic E-state index is -1.29. The molecule has 7 nitrogen and oxygen atoms in total. The van der Waals surface area contributed by atoms with Crippen molar-refractivity contribution in [3.63, 3.8) is 0 Å². The fourth-order valence-electron chi connectivity index (χ4n) is 3.17. The molecule has 3 aromatic carbocycles. The maximum absolute atomic E-state index is 11.7. The summed E-state index contributed by atoms with van der Waals surface area (Å²) in [7, 11) is 0. The predicted octanol–water partition coefficient (Wildman–Crippen LogP) is 4.34. The van der Waals surface area contributed by atoms with Gasteiger partial charge in [0.2, 0.25) is 5.88 Å². The van der Waals surface area contributed by atoms with E-state index in [4.69, 9.17) is 4.74 Å². The molecular formula is C22H16N2O5. The molecule has 7 heteroatoms. The third kappa shape index (κ3) is 3.08. The van der Waals surface area contributed by atoms with E-state index in [1.54, 1.807) is 31.2 Å². The lowest BCUT2D eigenvalue weighted by atomic mass is 10.0. The Morgan fingerprint density at radius 3 is 2.38 bits per heavy atom. The van der Waals surface area contributed by atoms with Gasteiger partial charge < -0.3 is 14.9 Å². The van der Waals surface area contributed by atoms with Crippen molar-refractivity contribution in [3.8, 4) is 23.1 Å². The summed E-state index contributed by atoms with van der Waals surface area (Å²) in [6.07, 6.45) is 0.651. The van der Waals surface area contributed by atoms with Crippen LogP contribution in [-0.4, -0.2) is 32.2 Å². The Morgan fingerprint density at radius 1 is 1.07 bits per heavy atom. The van der Waals surface area contributed by atoms with E-state index < -0.39 is 5.97 Å². The maximum atomic E-state index is 11.7. The van der Waals surface area contributed by atoms with Crippen LogP contribution in [-0.2, 0) is 0 Å². The number of aldehydes is 1. The summed E-state index contributed by atoms with van der Waals surface area (Å²) in [4.78, 5) is 23.3. The van der Waals surface area contributed by atoms with Crippen LogP contribution in [0.3, 0.4) is 0 Å². The first kappa shape index (κ1) is 18.2. The van der Waals surface area contributed by atoms with Gasteiger partial charge in [-0.05, 0) is 25.1 Å². The zero-order valence-electron chi connectivity index (χ0n) is 15.4. The van der Waals surface area contributed by atoms with Crippen molar-refractivity contribution in [2.45, 2.75) is 6.92 Å². The number of carboxylic acid groups (broad SMARTS) is 1. The van der Waals surface area contributed by atoms with Crippen molar-refractivity contribution in [2.75, 3.05) is 0 Å². The molecule has 0 saturated heterocycles. The minimum absolute atomic E-state index is 0.163. The monoisotopic (exact) mass is 388 g/mol. The second-order valence-electron chi connectivity index (χ2n) is 6.39. The van der Waals surface area contributed by atoms with E-state index in [0.29, 0.717) is 28.4 Å². The topological polar surface area (TPSA) is 102 Å². The van der Waals surface area contributed by atoms with E-state index in [-0.39, 0.29) is 28.5 Å². The number of hydrogen-bond acceptors (Lipinski definition) is 5. The van der Waals surface area contributed by atoms with Crippen molar-refractivity contribution in [2.24, 2.45) is 0 Å². The van der Waals surface area contributed by atoms with Crippen molar-refractivity contribution in [1.82, 2.24) is 9.78 Å². The molecule has 0 amide bonds. The molecule has 0 saturated carbocycles. The van der Waals surface area contributed by atoms with Gasteiger partial charge in [0.15, 0.2) is 6.29 Å². The van der Waals surface area contributed by atoms with Gasteiger partial charge in [-0.2, -0.15) is 9.78 Å². The van der Waals surface area contributed by atoms with Crippen molar-refractivity contribution in [3.05, 3.63) is 77.5 Å².